The van der Waals surface area contributed by atoms with E-state index >= 15 is 0 Å². The number of nitrogen functional groups attached to an aromatic ring is 1. The highest BCUT2D eigenvalue weighted by molar-refractivity contribution is 6.76. The maximum absolute atomic E-state index is 13.3. The Morgan fingerprint density at radius 1 is 1.12 bits per heavy atom. The first-order valence-corrected chi connectivity index (χ1v) is 18.0. The van der Waals surface area contributed by atoms with Gasteiger partial charge in [0.15, 0.2) is 0 Å². The summed E-state index contributed by atoms with van der Waals surface area (Å²) in [6.45, 7) is 13.2. The molecule has 4 N–H and O–H groups in total. The minimum Gasteiger partial charge on any atom is -0.494 e. The molecule has 1 aromatic rings. The number of amidine groups is 1. The van der Waals surface area contributed by atoms with E-state index in [0.717, 1.165) is 21.6 Å². The van der Waals surface area contributed by atoms with Crippen molar-refractivity contribution in [3.63, 3.8) is 0 Å². The molecule has 0 aromatic carbocycles. The summed E-state index contributed by atoms with van der Waals surface area (Å²) >= 11 is 0. The lowest BCUT2D eigenvalue weighted by Gasteiger charge is -2.35. The van der Waals surface area contributed by atoms with Crippen molar-refractivity contribution in [2.24, 2.45) is 11.7 Å². The molecule has 3 rings (SSSR count). The first-order valence-electron chi connectivity index (χ1n) is 14.3. The number of carbonyl (C=O) groups excluding carboxylic acids is 2. The molecule has 2 aliphatic rings. The monoisotopic (exact) mass is 578 g/mol. The number of hydrogen-bond donors (Lipinski definition) is 3. The Morgan fingerprint density at radius 2 is 1.75 bits per heavy atom. The molecule has 0 unspecified atom stereocenters. The van der Waals surface area contributed by atoms with E-state index < -0.39 is 42.6 Å². The van der Waals surface area contributed by atoms with Crippen LogP contribution in [0.25, 0.3) is 0 Å². The number of carbonyl (C=O) groups is 2. The van der Waals surface area contributed by atoms with Crippen LogP contribution in [0.5, 0.6) is 5.88 Å². The molecular weight excluding hydrogens is 532 g/mol. The van der Waals surface area contributed by atoms with Crippen LogP contribution < -0.4 is 17.0 Å². The van der Waals surface area contributed by atoms with Crippen molar-refractivity contribution in [3.8, 4) is 5.88 Å². The predicted molar refractivity (Wildman–Crippen MR) is 156 cm³/mol. The van der Waals surface area contributed by atoms with Crippen LogP contribution in [-0.2, 0) is 16.1 Å². The number of rotatable bonds is 12. The normalized spacial score (nSPS) is 21.4. The van der Waals surface area contributed by atoms with Gasteiger partial charge in [0.2, 0.25) is 5.88 Å². The molecule has 1 aromatic heterocycles. The van der Waals surface area contributed by atoms with E-state index in [1.807, 2.05) is 6.92 Å². The van der Waals surface area contributed by atoms with E-state index in [2.05, 4.69) is 19.6 Å². The fourth-order valence-corrected chi connectivity index (χ4v) is 6.21. The van der Waals surface area contributed by atoms with Crippen LogP contribution in [0.1, 0.15) is 70.9 Å². The fourth-order valence-electron chi connectivity index (χ4n) is 5.45. The third-order valence-electron chi connectivity index (χ3n) is 8.10. The number of imide groups is 1. The summed E-state index contributed by atoms with van der Waals surface area (Å²) in [5, 5.41) is 18.4. The molecule has 40 heavy (non-hydrogen) atoms. The summed E-state index contributed by atoms with van der Waals surface area (Å²) in [4.78, 5) is 55.6. The zero-order valence-corrected chi connectivity index (χ0v) is 25.8. The van der Waals surface area contributed by atoms with Crippen molar-refractivity contribution in [2.45, 2.75) is 103 Å². The zero-order valence-electron chi connectivity index (χ0n) is 24.8. The molecular formula is C27H46N6O6Si. The molecule has 0 radical (unpaired) electrons. The highest BCUT2D eigenvalue weighted by Crippen LogP contribution is 2.35. The minimum absolute atomic E-state index is 0.0542. The average Bonchev–Trinajstić information content (AvgIpc) is 3.01. The average molecular weight is 579 g/mol. The van der Waals surface area contributed by atoms with Gasteiger partial charge in [-0.3, -0.25) is 24.1 Å². The first-order chi connectivity index (χ1) is 18.6. The topological polar surface area (TPSA) is 164 Å². The Bertz CT molecular complexity index is 1240. The predicted octanol–water partition coefficient (Wildman–Crippen LogP) is 2.89. The summed E-state index contributed by atoms with van der Waals surface area (Å²) in [6.07, 6.45) is 3.70. The summed E-state index contributed by atoms with van der Waals surface area (Å²) in [6, 6.07) is 0.175. The molecule has 3 amide bonds. The second-order valence-electron chi connectivity index (χ2n) is 12.8. The van der Waals surface area contributed by atoms with Crippen LogP contribution in [0.3, 0.4) is 0 Å². The zero-order chi connectivity index (χ0) is 30.0. The molecule has 1 saturated carbocycles. The molecule has 224 valence electrons. The van der Waals surface area contributed by atoms with Crippen molar-refractivity contribution in [3.05, 3.63) is 26.4 Å². The Hall–Kier alpha value is -2.93. The SMILES string of the molecule is CCCCn1c(O)c(C(=N)N)c(=O)n(C2CCC(CN3C(=O)N(COCC[Si](C)(C)C)C(=O)C3(C)C)CC2)c1=O. The highest BCUT2D eigenvalue weighted by Gasteiger charge is 2.51. The van der Waals surface area contributed by atoms with E-state index in [1.54, 1.807) is 18.7 Å². The number of hydrogen-bond acceptors (Lipinski definition) is 7. The van der Waals surface area contributed by atoms with Gasteiger partial charge in [-0.25, -0.2) is 14.5 Å². The van der Waals surface area contributed by atoms with Crippen LogP contribution in [0.4, 0.5) is 4.79 Å². The second kappa shape index (κ2) is 12.3. The van der Waals surface area contributed by atoms with Crippen LogP contribution in [0, 0.1) is 11.3 Å². The van der Waals surface area contributed by atoms with Gasteiger partial charge in [0.25, 0.3) is 11.5 Å². The third kappa shape index (κ3) is 6.51. The fraction of sp³-hybridized carbons (Fsp3) is 0.741. The summed E-state index contributed by atoms with van der Waals surface area (Å²) in [7, 11) is -1.29. The minimum atomic E-state index is -1.29. The van der Waals surface area contributed by atoms with E-state index in [0.29, 0.717) is 45.3 Å². The quantitative estimate of drug-likeness (QED) is 0.113. The number of urea groups is 1. The molecule has 1 aliphatic heterocycles. The van der Waals surface area contributed by atoms with Crippen LogP contribution in [0.15, 0.2) is 9.59 Å². The Labute approximate surface area is 236 Å². The van der Waals surface area contributed by atoms with Crippen molar-refractivity contribution in [2.75, 3.05) is 19.9 Å². The maximum atomic E-state index is 13.3. The van der Waals surface area contributed by atoms with Gasteiger partial charge in [-0.1, -0.05) is 33.0 Å². The third-order valence-corrected chi connectivity index (χ3v) is 9.80. The molecule has 2 heterocycles. The van der Waals surface area contributed by atoms with Gasteiger partial charge in [-0.15, -0.1) is 0 Å². The van der Waals surface area contributed by atoms with Gasteiger partial charge in [0, 0.05) is 33.8 Å². The van der Waals surface area contributed by atoms with Gasteiger partial charge < -0.3 is 20.5 Å². The van der Waals surface area contributed by atoms with Crippen LogP contribution >= 0.6 is 0 Å². The Kier molecular flexibility index (Phi) is 9.71. The lowest BCUT2D eigenvalue weighted by atomic mass is 9.85. The van der Waals surface area contributed by atoms with Gasteiger partial charge in [0.05, 0.1) is 0 Å². The number of nitrogens with two attached hydrogens (primary N) is 1. The number of nitrogens with one attached hydrogen (secondary N) is 1. The molecule has 0 atom stereocenters. The van der Waals surface area contributed by atoms with Crippen molar-refractivity contribution < 1.29 is 19.4 Å². The van der Waals surface area contributed by atoms with E-state index in [-0.39, 0.29) is 36.7 Å². The molecule has 13 heteroatoms. The standard InChI is InChI=1S/C27H46N6O6Si/c1-7-8-13-30-22(34)20(21(28)29)23(35)33(26(30)38)19-11-9-18(10-12-19)16-32-25(37)31(24(36)27(32,2)3)17-39-14-15-40(4,5)6/h18-19,34H,7-17H2,1-6H3,(H3,28,29). The van der Waals surface area contributed by atoms with Gasteiger partial charge in [0.1, 0.15) is 23.7 Å². The lowest BCUT2D eigenvalue weighted by Crippen LogP contribution is -2.48. The van der Waals surface area contributed by atoms with Gasteiger partial charge in [-0.05, 0) is 57.9 Å². The summed E-state index contributed by atoms with van der Waals surface area (Å²) < 4.78 is 7.97. The molecule has 0 spiro atoms. The van der Waals surface area contributed by atoms with Crippen molar-refractivity contribution in [1.82, 2.24) is 18.9 Å². The Balaban J connectivity index is 1.72. The number of aromatic nitrogens is 2. The Morgan fingerprint density at radius 3 is 2.30 bits per heavy atom. The van der Waals surface area contributed by atoms with Crippen molar-refractivity contribution >= 4 is 25.8 Å². The smallest absolute Gasteiger partial charge is 0.334 e. The first kappa shape index (κ1) is 31.6. The number of amides is 3. The lowest BCUT2D eigenvalue weighted by molar-refractivity contribution is -0.135. The molecule has 0 bridgehead atoms. The summed E-state index contributed by atoms with van der Waals surface area (Å²) in [5.41, 5.74) is 2.91. The molecule has 12 nitrogen and oxygen atoms in total. The molecule has 1 aliphatic carbocycles. The molecule has 1 saturated heterocycles. The van der Waals surface area contributed by atoms with Gasteiger partial charge >= 0.3 is 11.7 Å². The van der Waals surface area contributed by atoms with E-state index in [4.69, 9.17) is 15.9 Å². The number of nitrogens with zero attached hydrogens (tertiary/aromatic N) is 4. The van der Waals surface area contributed by atoms with Crippen LogP contribution in [-0.4, -0.2) is 75.3 Å². The maximum Gasteiger partial charge on any atom is 0.334 e. The summed E-state index contributed by atoms with van der Waals surface area (Å²) in [5.74, 6) is -1.33. The second-order valence-corrected chi connectivity index (χ2v) is 18.4. The number of ether oxygens (including phenoxy) is 1. The highest BCUT2D eigenvalue weighted by atomic mass is 28.3. The van der Waals surface area contributed by atoms with Crippen LogP contribution in [0.2, 0.25) is 25.7 Å². The number of unbranched alkanes of at least 4 members (excludes halogenated alkanes) is 1. The van der Waals surface area contributed by atoms with E-state index in [1.165, 1.54) is 4.90 Å². The molecule has 2 fully saturated rings. The number of aromatic hydroxyl groups is 1. The van der Waals surface area contributed by atoms with E-state index in [9.17, 15) is 24.3 Å². The largest absolute Gasteiger partial charge is 0.494 e. The van der Waals surface area contributed by atoms with Gasteiger partial charge in [-0.2, -0.15) is 0 Å². The van der Waals surface area contributed by atoms with Crippen molar-refractivity contribution in [1.29, 1.82) is 5.41 Å².